The minimum absolute atomic E-state index is 0.00871. The van der Waals surface area contributed by atoms with E-state index in [0.29, 0.717) is 18.7 Å². The van der Waals surface area contributed by atoms with Crippen molar-refractivity contribution in [3.8, 4) is 0 Å². The summed E-state index contributed by atoms with van der Waals surface area (Å²) in [4.78, 5) is 27.1. The highest BCUT2D eigenvalue weighted by Crippen LogP contribution is 2.21. The fourth-order valence-electron chi connectivity index (χ4n) is 3.22. The van der Waals surface area contributed by atoms with E-state index < -0.39 is 0 Å². The Morgan fingerprint density at radius 3 is 2.52 bits per heavy atom. The molecular weight excluding hydrogens is 312 g/mol. The third-order valence-electron chi connectivity index (χ3n) is 4.66. The third kappa shape index (κ3) is 4.27. The molecule has 2 aromatic carbocycles. The van der Waals surface area contributed by atoms with E-state index in [9.17, 15) is 9.59 Å². The summed E-state index contributed by atoms with van der Waals surface area (Å²) >= 11 is 0. The van der Waals surface area contributed by atoms with Gasteiger partial charge in [0, 0.05) is 24.3 Å². The van der Waals surface area contributed by atoms with Crippen LogP contribution in [0.15, 0.2) is 48.5 Å². The van der Waals surface area contributed by atoms with Gasteiger partial charge in [-0.05, 0) is 51.0 Å². The number of likely N-dealkylation sites (tertiary alicyclic amines) is 1. The number of benzene rings is 2. The molecule has 0 aromatic heterocycles. The molecule has 3 rings (SSSR count). The summed E-state index contributed by atoms with van der Waals surface area (Å²) < 4.78 is 0. The first-order valence-electron chi connectivity index (χ1n) is 8.76. The summed E-state index contributed by atoms with van der Waals surface area (Å²) in [5, 5.41) is 2.97. The molecule has 0 saturated carbocycles. The Kier molecular flexibility index (Phi) is 5.17. The molecular formula is C21H24N2O2. The number of piperidine rings is 1. The summed E-state index contributed by atoms with van der Waals surface area (Å²) in [5.41, 5.74) is 3.72. The van der Waals surface area contributed by atoms with Gasteiger partial charge in [-0.2, -0.15) is 0 Å². The van der Waals surface area contributed by atoms with Crippen molar-refractivity contribution in [1.29, 1.82) is 0 Å². The highest BCUT2D eigenvalue weighted by molar-refractivity contribution is 5.96. The van der Waals surface area contributed by atoms with E-state index in [2.05, 4.69) is 5.32 Å². The van der Waals surface area contributed by atoms with Crippen LogP contribution in [0, 0.1) is 19.8 Å². The molecule has 1 saturated heterocycles. The van der Waals surface area contributed by atoms with E-state index in [1.54, 1.807) is 4.90 Å². The first-order valence-corrected chi connectivity index (χ1v) is 8.76. The number of nitrogens with zero attached hydrogens (tertiary/aromatic N) is 1. The number of rotatable bonds is 3. The topological polar surface area (TPSA) is 49.4 Å². The standard InChI is InChI=1S/C21H24N2O2/c1-15-8-10-19(11-9-15)22-20(24)18-7-4-12-23(14-18)21(25)17-6-3-5-16(2)13-17/h3,5-6,8-11,13,18H,4,7,12,14H2,1-2H3,(H,22,24)/t18-/m0/s1. The van der Waals surface area contributed by atoms with E-state index in [1.165, 1.54) is 0 Å². The van der Waals surface area contributed by atoms with Crippen molar-refractivity contribution in [2.75, 3.05) is 18.4 Å². The Morgan fingerprint density at radius 2 is 1.80 bits per heavy atom. The van der Waals surface area contributed by atoms with Gasteiger partial charge in [-0.1, -0.05) is 35.4 Å². The van der Waals surface area contributed by atoms with Crippen molar-refractivity contribution < 1.29 is 9.59 Å². The lowest BCUT2D eigenvalue weighted by atomic mass is 9.96. The summed E-state index contributed by atoms with van der Waals surface area (Å²) in [6, 6.07) is 15.4. The van der Waals surface area contributed by atoms with Crippen molar-refractivity contribution in [2.45, 2.75) is 26.7 Å². The summed E-state index contributed by atoms with van der Waals surface area (Å²) in [6.45, 7) is 5.18. The first kappa shape index (κ1) is 17.2. The minimum Gasteiger partial charge on any atom is -0.338 e. The fourth-order valence-corrected chi connectivity index (χ4v) is 3.22. The Balaban J connectivity index is 1.65. The lowest BCUT2D eigenvalue weighted by Gasteiger charge is -2.32. The van der Waals surface area contributed by atoms with Crippen molar-refractivity contribution >= 4 is 17.5 Å². The average Bonchev–Trinajstić information content (AvgIpc) is 2.63. The lowest BCUT2D eigenvalue weighted by molar-refractivity contribution is -0.121. The number of hydrogen-bond acceptors (Lipinski definition) is 2. The SMILES string of the molecule is Cc1ccc(NC(=O)[C@H]2CCCN(C(=O)c3cccc(C)c3)C2)cc1. The highest BCUT2D eigenvalue weighted by atomic mass is 16.2. The Labute approximate surface area is 148 Å². The zero-order valence-electron chi connectivity index (χ0n) is 14.8. The van der Waals surface area contributed by atoms with E-state index in [0.717, 1.165) is 29.7 Å². The number of carbonyl (C=O) groups is 2. The molecule has 1 fully saturated rings. The van der Waals surface area contributed by atoms with Crippen LogP contribution in [0.25, 0.3) is 0 Å². The molecule has 1 aliphatic rings. The van der Waals surface area contributed by atoms with Gasteiger partial charge in [0.25, 0.3) is 5.91 Å². The lowest BCUT2D eigenvalue weighted by Crippen LogP contribution is -2.43. The monoisotopic (exact) mass is 336 g/mol. The number of nitrogens with one attached hydrogen (secondary N) is 1. The van der Waals surface area contributed by atoms with Crippen LogP contribution >= 0.6 is 0 Å². The quantitative estimate of drug-likeness (QED) is 0.927. The predicted molar refractivity (Wildman–Crippen MR) is 99.6 cm³/mol. The van der Waals surface area contributed by atoms with Gasteiger partial charge in [0.15, 0.2) is 0 Å². The Hall–Kier alpha value is -2.62. The molecule has 0 aliphatic carbocycles. The minimum atomic E-state index is -0.163. The first-order chi connectivity index (χ1) is 12.0. The van der Waals surface area contributed by atoms with Gasteiger partial charge in [-0.3, -0.25) is 9.59 Å². The van der Waals surface area contributed by atoms with Crippen molar-refractivity contribution in [3.05, 3.63) is 65.2 Å². The second kappa shape index (κ2) is 7.51. The van der Waals surface area contributed by atoms with Crippen LogP contribution < -0.4 is 5.32 Å². The largest absolute Gasteiger partial charge is 0.338 e. The molecule has 2 amide bonds. The number of hydrogen-bond donors (Lipinski definition) is 1. The van der Waals surface area contributed by atoms with Crippen molar-refractivity contribution in [3.63, 3.8) is 0 Å². The van der Waals surface area contributed by atoms with Crippen molar-refractivity contribution in [2.24, 2.45) is 5.92 Å². The zero-order chi connectivity index (χ0) is 17.8. The number of carbonyl (C=O) groups excluding carboxylic acids is 2. The van der Waals surface area contributed by atoms with Crippen LogP contribution in [0.1, 0.15) is 34.3 Å². The smallest absolute Gasteiger partial charge is 0.253 e. The Morgan fingerprint density at radius 1 is 1.04 bits per heavy atom. The molecule has 1 aliphatic heterocycles. The molecule has 0 bridgehead atoms. The van der Waals surface area contributed by atoms with Crippen LogP contribution in [0.2, 0.25) is 0 Å². The van der Waals surface area contributed by atoms with Gasteiger partial charge in [0.05, 0.1) is 5.92 Å². The van der Waals surface area contributed by atoms with E-state index in [1.807, 2.05) is 62.4 Å². The summed E-state index contributed by atoms with van der Waals surface area (Å²) in [5.74, 6) is -0.161. The average molecular weight is 336 g/mol. The van der Waals surface area contributed by atoms with Gasteiger partial charge in [0.1, 0.15) is 0 Å². The Bertz CT molecular complexity index is 768. The van der Waals surface area contributed by atoms with Gasteiger partial charge >= 0.3 is 0 Å². The predicted octanol–water partition coefficient (Wildman–Crippen LogP) is 3.79. The zero-order valence-corrected chi connectivity index (χ0v) is 14.8. The molecule has 25 heavy (non-hydrogen) atoms. The van der Waals surface area contributed by atoms with Crippen LogP contribution in [-0.2, 0) is 4.79 Å². The van der Waals surface area contributed by atoms with Gasteiger partial charge in [-0.15, -0.1) is 0 Å². The summed E-state index contributed by atoms with van der Waals surface area (Å²) in [6.07, 6.45) is 1.67. The molecule has 1 N–H and O–H groups in total. The number of anilines is 1. The summed E-state index contributed by atoms with van der Waals surface area (Å²) in [7, 11) is 0. The molecule has 0 radical (unpaired) electrons. The fraction of sp³-hybridized carbons (Fsp3) is 0.333. The maximum Gasteiger partial charge on any atom is 0.253 e. The molecule has 0 unspecified atom stereocenters. The highest BCUT2D eigenvalue weighted by Gasteiger charge is 2.29. The normalized spacial score (nSPS) is 17.2. The van der Waals surface area contributed by atoms with Gasteiger partial charge in [0.2, 0.25) is 5.91 Å². The third-order valence-corrected chi connectivity index (χ3v) is 4.66. The van der Waals surface area contributed by atoms with Gasteiger partial charge in [-0.25, -0.2) is 0 Å². The van der Waals surface area contributed by atoms with Crippen LogP contribution in [0.4, 0.5) is 5.69 Å². The molecule has 1 heterocycles. The second-order valence-corrected chi connectivity index (χ2v) is 6.82. The van der Waals surface area contributed by atoms with E-state index >= 15 is 0 Å². The number of aryl methyl sites for hydroxylation is 2. The van der Waals surface area contributed by atoms with Crippen LogP contribution in [0.5, 0.6) is 0 Å². The van der Waals surface area contributed by atoms with Gasteiger partial charge < -0.3 is 10.2 Å². The molecule has 4 heteroatoms. The maximum atomic E-state index is 12.7. The van der Waals surface area contributed by atoms with E-state index in [-0.39, 0.29) is 17.7 Å². The maximum absolute atomic E-state index is 12.7. The molecule has 2 aromatic rings. The second-order valence-electron chi connectivity index (χ2n) is 6.82. The van der Waals surface area contributed by atoms with Crippen LogP contribution in [-0.4, -0.2) is 29.8 Å². The number of amides is 2. The molecule has 130 valence electrons. The molecule has 1 atom stereocenters. The van der Waals surface area contributed by atoms with Crippen LogP contribution in [0.3, 0.4) is 0 Å². The van der Waals surface area contributed by atoms with E-state index in [4.69, 9.17) is 0 Å². The molecule has 0 spiro atoms. The molecule has 4 nitrogen and oxygen atoms in total. The van der Waals surface area contributed by atoms with Crippen molar-refractivity contribution in [1.82, 2.24) is 4.90 Å².